The van der Waals surface area contributed by atoms with E-state index in [2.05, 4.69) is 34.7 Å². The first-order valence-electron chi connectivity index (χ1n) is 8.15. The normalized spacial score (nSPS) is 24.4. The van der Waals surface area contributed by atoms with Crippen molar-refractivity contribution in [2.45, 2.75) is 31.8 Å². The Bertz CT molecular complexity index is 474. The van der Waals surface area contributed by atoms with Crippen molar-refractivity contribution in [3.63, 3.8) is 0 Å². The van der Waals surface area contributed by atoms with Crippen LogP contribution in [0, 0.1) is 0 Å². The molecule has 1 aromatic heterocycles. The molecule has 3 heterocycles. The monoisotopic (exact) mass is 323 g/mol. The maximum Gasteiger partial charge on any atom is 0.317 e. The highest BCUT2D eigenvalue weighted by Crippen LogP contribution is 2.34. The molecule has 3 rings (SSSR count). The number of amides is 2. The van der Waals surface area contributed by atoms with Crippen molar-refractivity contribution in [3.05, 3.63) is 22.4 Å². The van der Waals surface area contributed by atoms with Gasteiger partial charge in [-0.15, -0.1) is 11.3 Å². The fourth-order valence-corrected chi connectivity index (χ4v) is 4.14. The van der Waals surface area contributed by atoms with Crippen LogP contribution in [-0.4, -0.2) is 61.3 Å². The number of hydrogen-bond donors (Lipinski definition) is 1. The van der Waals surface area contributed by atoms with Crippen molar-refractivity contribution in [1.29, 1.82) is 0 Å². The van der Waals surface area contributed by atoms with E-state index in [4.69, 9.17) is 4.74 Å². The third kappa shape index (κ3) is 3.62. The molecule has 1 N–H and O–H groups in total. The predicted molar refractivity (Wildman–Crippen MR) is 88.3 cm³/mol. The number of thiophene rings is 1. The Hall–Kier alpha value is -1.11. The Morgan fingerprint density at radius 2 is 2.27 bits per heavy atom. The van der Waals surface area contributed by atoms with Crippen molar-refractivity contribution in [2.75, 3.05) is 39.4 Å². The molecule has 5 nitrogen and oxygen atoms in total. The van der Waals surface area contributed by atoms with E-state index in [0.717, 1.165) is 45.7 Å². The van der Waals surface area contributed by atoms with Crippen LogP contribution in [-0.2, 0) is 4.74 Å². The minimum atomic E-state index is 0.0796. The molecule has 0 aliphatic carbocycles. The van der Waals surface area contributed by atoms with E-state index in [1.54, 1.807) is 11.3 Å². The van der Waals surface area contributed by atoms with E-state index in [1.165, 1.54) is 4.88 Å². The van der Waals surface area contributed by atoms with Gasteiger partial charge in [0.05, 0.1) is 19.3 Å². The predicted octanol–water partition coefficient (Wildman–Crippen LogP) is 2.32. The molecular formula is C16H25N3O2S. The van der Waals surface area contributed by atoms with Crippen LogP contribution < -0.4 is 5.32 Å². The van der Waals surface area contributed by atoms with Crippen molar-refractivity contribution in [2.24, 2.45) is 0 Å². The van der Waals surface area contributed by atoms with E-state index in [0.29, 0.717) is 12.6 Å². The summed E-state index contributed by atoms with van der Waals surface area (Å²) in [4.78, 5) is 18.2. The van der Waals surface area contributed by atoms with Gasteiger partial charge in [0.2, 0.25) is 0 Å². The minimum absolute atomic E-state index is 0.0796. The van der Waals surface area contributed by atoms with Crippen LogP contribution in [0.2, 0.25) is 0 Å². The smallest absolute Gasteiger partial charge is 0.317 e. The first kappa shape index (κ1) is 15.8. The molecule has 122 valence electrons. The molecule has 0 spiro atoms. The Morgan fingerprint density at radius 3 is 3.00 bits per heavy atom. The first-order chi connectivity index (χ1) is 10.8. The maximum absolute atomic E-state index is 12.5. The van der Waals surface area contributed by atoms with Crippen LogP contribution in [0.5, 0.6) is 0 Å². The molecule has 2 aliphatic heterocycles. The van der Waals surface area contributed by atoms with Crippen molar-refractivity contribution < 1.29 is 9.53 Å². The summed E-state index contributed by atoms with van der Waals surface area (Å²) in [6.07, 6.45) is 2.17. The maximum atomic E-state index is 12.5. The molecular weight excluding hydrogens is 298 g/mol. The molecule has 2 amide bonds. The number of rotatable bonds is 4. The molecule has 2 fully saturated rings. The van der Waals surface area contributed by atoms with Gasteiger partial charge in [-0.25, -0.2) is 4.79 Å². The van der Waals surface area contributed by atoms with E-state index in [-0.39, 0.29) is 12.1 Å². The van der Waals surface area contributed by atoms with Crippen LogP contribution in [0.25, 0.3) is 0 Å². The minimum Gasteiger partial charge on any atom is -0.379 e. The van der Waals surface area contributed by atoms with Gasteiger partial charge in [0.15, 0.2) is 0 Å². The number of likely N-dealkylation sites (tertiary alicyclic amines) is 1. The second-order valence-electron chi connectivity index (χ2n) is 6.05. The lowest BCUT2D eigenvalue weighted by atomic mass is 10.2. The lowest BCUT2D eigenvalue weighted by Gasteiger charge is -2.33. The van der Waals surface area contributed by atoms with E-state index in [1.807, 2.05) is 4.90 Å². The lowest BCUT2D eigenvalue weighted by molar-refractivity contribution is 0.0206. The fraction of sp³-hybridized carbons (Fsp3) is 0.688. The number of carbonyl (C=O) groups is 1. The summed E-state index contributed by atoms with van der Waals surface area (Å²) in [5, 5.41) is 5.21. The quantitative estimate of drug-likeness (QED) is 0.925. The topological polar surface area (TPSA) is 44.8 Å². The summed E-state index contributed by atoms with van der Waals surface area (Å²) >= 11 is 1.74. The average Bonchev–Trinajstić information content (AvgIpc) is 3.23. The zero-order chi connectivity index (χ0) is 15.4. The van der Waals surface area contributed by atoms with Gasteiger partial charge >= 0.3 is 6.03 Å². The Morgan fingerprint density at radius 1 is 1.45 bits per heavy atom. The summed E-state index contributed by atoms with van der Waals surface area (Å²) in [5.41, 5.74) is 0. The number of hydrogen-bond acceptors (Lipinski definition) is 4. The number of carbonyl (C=O) groups excluding carboxylic acids is 1. The number of nitrogens with one attached hydrogen (secondary N) is 1. The van der Waals surface area contributed by atoms with Gasteiger partial charge in [-0.2, -0.15) is 0 Å². The Kier molecular flexibility index (Phi) is 5.33. The summed E-state index contributed by atoms with van der Waals surface area (Å²) in [5.74, 6) is 0. The third-order valence-electron chi connectivity index (χ3n) is 4.60. The molecule has 0 aromatic carbocycles. The molecule has 2 saturated heterocycles. The van der Waals surface area contributed by atoms with Crippen molar-refractivity contribution in [1.82, 2.24) is 15.1 Å². The molecule has 0 unspecified atom stereocenters. The van der Waals surface area contributed by atoms with E-state index >= 15 is 0 Å². The summed E-state index contributed by atoms with van der Waals surface area (Å²) in [6.45, 7) is 7.24. The zero-order valence-corrected chi connectivity index (χ0v) is 14.0. The molecule has 0 radical (unpaired) electrons. The number of nitrogens with zero attached hydrogens (tertiary/aromatic N) is 2. The highest BCUT2D eigenvalue weighted by Gasteiger charge is 2.30. The zero-order valence-electron chi connectivity index (χ0n) is 13.2. The second-order valence-corrected chi connectivity index (χ2v) is 7.03. The Labute approximate surface area is 136 Å². The van der Waals surface area contributed by atoms with Gasteiger partial charge in [-0.3, -0.25) is 4.90 Å². The van der Waals surface area contributed by atoms with Crippen LogP contribution >= 0.6 is 11.3 Å². The average molecular weight is 323 g/mol. The molecule has 0 saturated carbocycles. The molecule has 1 aromatic rings. The Balaban J connectivity index is 1.50. The second kappa shape index (κ2) is 7.44. The van der Waals surface area contributed by atoms with Crippen LogP contribution in [0.4, 0.5) is 4.79 Å². The highest BCUT2D eigenvalue weighted by molar-refractivity contribution is 7.10. The van der Waals surface area contributed by atoms with Gasteiger partial charge in [-0.1, -0.05) is 6.07 Å². The fourth-order valence-electron chi connectivity index (χ4n) is 3.27. The molecule has 22 heavy (non-hydrogen) atoms. The SMILES string of the molecule is C[C@@H](CNC(=O)N1CCC[C@H]1c1cccs1)N1CCOCC1. The van der Waals surface area contributed by atoms with Gasteiger partial charge in [0.25, 0.3) is 0 Å². The summed E-state index contributed by atoms with van der Waals surface area (Å²) in [7, 11) is 0. The lowest BCUT2D eigenvalue weighted by Crippen LogP contribution is -2.49. The van der Waals surface area contributed by atoms with Crippen LogP contribution in [0.1, 0.15) is 30.7 Å². The summed E-state index contributed by atoms with van der Waals surface area (Å²) in [6, 6.07) is 4.90. The van der Waals surface area contributed by atoms with Crippen molar-refractivity contribution >= 4 is 17.4 Å². The molecule has 6 heteroatoms. The summed E-state index contributed by atoms with van der Waals surface area (Å²) < 4.78 is 5.38. The van der Waals surface area contributed by atoms with Gasteiger partial charge in [0.1, 0.15) is 0 Å². The number of urea groups is 1. The highest BCUT2D eigenvalue weighted by atomic mass is 32.1. The van der Waals surface area contributed by atoms with Crippen LogP contribution in [0.3, 0.4) is 0 Å². The van der Waals surface area contributed by atoms with Gasteiger partial charge in [-0.05, 0) is 31.2 Å². The van der Waals surface area contributed by atoms with E-state index < -0.39 is 0 Å². The largest absolute Gasteiger partial charge is 0.379 e. The van der Waals surface area contributed by atoms with Crippen LogP contribution in [0.15, 0.2) is 17.5 Å². The van der Waals surface area contributed by atoms with E-state index in [9.17, 15) is 4.79 Å². The standard InChI is InChI=1S/C16H25N3O2S/c1-13(18-7-9-21-10-8-18)12-17-16(20)19-6-2-4-14(19)15-5-3-11-22-15/h3,5,11,13-14H,2,4,6-10,12H2,1H3,(H,17,20)/t13-,14-/m0/s1. The number of ether oxygens (including phenoxy) is 1. The first-order valence-corrected chi connectivity index (χ1v) is 9.03. The molecule has 0 bridgehead atoms. The van der Waals surface area contributed by atoms with Gasteiger partial charge in [0, 0.05) is 37.1 Å². The van der Waals surface area contributed by atoms with Crippen molar-refractivity contribution in [3.8, 4) is 0 Å². The number of morpholine rings is 1. The van der Waals surface area contributed by atoms with Gasteiger partial charge < -0.3 is 15.0 Å². The molecule has 2 atom stereocenters. The third-order valence-corrected chi connectivity index (χ3v) is 5.58. The molecule has 2 aliphatic rings.